The van der Waals surface area contributed by atoms with E-state index in [4.69, 9.17) is 5.73 Å². The van der Waals surface area contributed by atoms with Gasteiger partial charge in [-0.05, 0) is 30.7 Å². The molecule has 0 amide bonds. The highest BCUT2D eigenvalue weighted by Gasteiger charge is 2.10. The highest BCUT2D eigenvalue weighted by atomic mass is 15.4. The molecule has 3 aromatic heterocycles. The molecule has 106 valence electrons. The lowest BCUT2D eigenvalue weighted by Gasteiger charge is -2.14. The molecule has 1 unspecified atom stereocenters. The Balaban J connectivity index is 1.86. The summed E-state index contributed by atoms with van der Waals surface area (Å²) in [6.07, 6.45) is 6.87. The van der Waals surface area contributed by atoms with Crippen LogP contribution >= 0.6 is 0 Å². The summed E-state index contributed by atoms with van der Waals surface area (Å²) in [6, 6.07) is 5.65. The summed E-state index contributed by atoms with van der Waals surface area (Å²) in [5.74, 6) is 0.911. The van der Waals surface area contributed by atoms with Crippen LogP contribution < -0.4 is 11.1 Å². The van der Waals surface area contributed by atoms with Gasteiger partial charge in [-0.3, -0.25) is 4.98 Å². The minimum Gasteiger partial charge on any atom is -0.368 e. The molecule has 0 aliphatic heterocycles. The molecule has 0 fully saturated rings. The van der Waals surface area contributed by atoms with Crippen molar-refractivity contribution in [1.82, 2.24) is 29.7 Å². The SMILES string of the molecule is CC(Nc1nc(N)nc(-n2cccn2)n1)c1ccncc1. The van der Waals surface area contributed by atoms with E-state index in [2.05, 4.69) is 30.4 Å². The Labute approximate surface area is 121 Å². The first kappa shape index (κ1) is 13.0. The van der Waals surface area contributed by atoms with E-state index in [1.54, 1.807) is 30.9 Å². The van der Waals surface area contributed by atoms with Crippen LogP contribution in [0.5, 0.6) is 0 Å². The molecule has 21 heavy (non-hydrogen) atoms. The number of nitrogens with one attached hydrogen (secondary N) is 1. The zero-order valence-corrected chi connectivity index (χ0v) is 11.4. The maximum atomic E-state index is 5.73. The van der Waals surface area contributed by atoms with Crippen LogP contribution in [-0.2, 0) is 0 Å². The first-order chi connectivity index (χ1) is 10.2. The second kappa shape index (κ2) is 5.53. The summed E-state index contributed by atoms with van der Waals surface area (Å²) in [7, 11) is 0. The molecule has 0 spiro atoms. The van der Waals surface area contributed by atoms with Crippen molar-refractivity contribution in [1.29, 1.82) is 0 Å². The van der Waals surface area contributed by atoms with Gasteiger partial charge in [0.2, 0.25) is 11.9 Å². The molecule has 3 N–H and O–H groups in total. The third kappa shape index (κ3) is 2.94. The van der Waals surface area contributed by atoms with Crippen molar-refractivity contribution in [2.45, 2.75) is 13.0 Å². The minimum atomic E-state index is 0.0141. The average molecular weight is 282 g/mol. The summed E-state index contributed by atoms with van der Waals surface area (Å²) < 4.78 is 1.53. The van der Waals surface area contributed by atoms with Gasteiger partial charge in [0.25, 0.3) is 5.95 Å². The van der Waals surface area contributed by atoms with Crippen molar-refractivity contribution in [3.63, 3.8) is 0 Å². The number of aromatic nitrogens is 6. The second-order valence-corrected chi connectivity index (χ2v) is 4.41. The van der Waals surface area contributed by atoms with Gasteiger partial charge in [-0.1, -0.05) is 0 Å². The molecule has 3 rings (SSSR count). The Hall–Kier alpha value is -3.03. The number of rotatable bonds is 4. The molecule has 3 heterocycles. The highest BCUT2D eigenvalue weighted by molar-refractivity contribution is 5.37. The third-order valence-corrected chi connectivity index (χ3v) is 2.90. The van der Waals surface area contributed by atoms with Gasteiger partial charge >= 0.3 is 0 Å². The predicted octanol–water partition coefficient (Wildman–Crippen LogP) is 1.21. The molecule has 8 heteroatoms. The van der Waals surface area contributed by atoms with E-state index in [1.807, 2.05) is 19.1 Å². The maximum Gasteiger partial charge on any atom is 0.257 e. The molecule has 0 saturated carbocycles. The number of nitrogens with zero attached hydrogens (tertiary/aromatic N) is 6. The lowest BCUT2D eigenvalue weighted by Crippen LogP contribution is -2.14. The number of nitrogen functional groups attached to an aromatic ring is 1. The second-order valence-electron chi connectivity index (χ2n) is 4.41. The number of anilines is 2. The molecule has 0 saturated heterocycles. The van der Waals surface area contributed by atoms with Gasteiger partial charge in [0.05, 0.1) is 6.04 Å². The van der Waals surface area contributed by atoms with E-state index < -0.39 is 0 Å². The van der Waals surface area contributed by atoms with E-state index in [-0.39, 0.29) is 12.0 Å². The highest BCUT2D eigenvalue weighted by Crippen LogP contribution is 2.16. The van der Waals surface area contributed by atoms with Crippen LogP contribution in [0.15, 0.2) is 43.0 Å². The lowest BCUT2D eigenvalue weighted by atomic mass is 10.1. The Kier molecular flexibility index (Phi) is 3.42. The first-order valence-electron chi connectivity index (χ1n) is 6.40. The van der Waals surface area contributed by atoms with Crippen molar-refractivity contribution in [2.24, 2.45) is 0 Å². The van der Waals surface area contributed by atoms with Gasteiger partial charge in [0.1, 0.15) is 0 Å². The topological polar surface area (TPSA) is 107 Å². The molecule has 0 radical (unpaired) electrons. The van der Waals surface area contributed by atoms with Crippen LogP contribution in [0.4, 0.5) is 11.9 Å². The minimum absolute atomic E-state index is 0.0141. The Morgan fingerprint density at radius 2 is 1.95 bits per heavy atom. The molecule has 0 aliphatic rings. The number of nitrogens with two attached hydrogens (primary N) is 1. The van der Waals surface area contributed by atoms with Crippen molar-refractivity contribution in [3.8, 4) is 5.95 Å². The summed E-state index contributed by atoms with van der Waals surface area (Å²) in [4.78, 5) is 16.5. The number of hydrogen-bond acceptors (Lipinski definition) is 7. The molecule has 0 aromatic carbocycles. The molecular weight excluding hydrogens is 268 g/mol. The third-order valence-electron chi connectivity index (χ3n) is 2.90. The average Bonchev–Trinajstić information content (AvgIpc) is 3.02. The fourth-order valence-corrected chi connectivity index (χ4v) is 1.86. The molecule has 0 aliphatic carbocycles. The van der Waals surface area contributed by atoms with E-state index in [0.29, 0.717) is 11.9 Å². The molecule has 0 bridgehead atoms. The van der Waals surface area contributed by atoms with Crippen molar-refractivity contribution >= 4 is 11.9 Å². The maximum absolute atomic E-state index is 5.73. The standard InChI is InChI=1S/C13H14N8/c1-9(10-3-6-15-7-4-10)17-12-18-11(14)19-13(20-12)21-8-2-5-16-21/h2-9H,1H3,(H3,14,17,18,19,20). The van der Waals surface area contributed by atoms with Crippen LogP contribution in [0.25, 0.3) is 5.95 Å². The van der Waals surface area contributed by atoms with Crippen LogP contribution in [-0.4, -0.2) is 29.7 Å². The van der Waals surface area contributed by atoms with Crippen molar-refractivity contribution in [2.75, 3.05) is 11.1 Å². The largest absolute Gasteiger partial charge is 0.368 e. The molecule has 3 aromatic rings. The monoisotopic (exact) mass is 282 g/mol. The van der Waals surface area contributed by atoms with Crippen LogP contribution in [0, 0.1) is 0 Å². The number of hydrogen-bond donors (Lipinski definition) is 2. The quantitative estimate of drug-likeness (QED) is 0.740. The van der Waals surface area contributed by atoms with Gasteiger partial charge in [-0.2, -0.15) is 20.1 Å². The summed E-state index contributed by atoms with van der Waals surface area (Å²) in [5, 5.41) is 7.27. The van der Waals surface area contributed by atoms with E-state index in [0.717, 1.165) is 5.56 Å². The Morgan fingerprint density at radius 3 is 2.67 bits per heavy atom. The van der Waals surface area contributed by atoms with Gasteiger partial charge < -0.3 is 11.1 Å². The zero-order valence-electron chi connectivity index (χ0n) is 11.4. The lowest BCUT2D eigenvalue weighted by molar-refractivity contribution is 0.786. The van der Waals surface area contributed by atoms with E-state index >= 15 is 0 Å². The zero-order chi connectivity index (χ0) is 14.7. The Bertz CT molecular complexity index is 710. The van der Waals surface area contributed by atoms with Gasteiger partial charge in [-0.25, -0.2) is 4.68 Å². The Morgan fingerprint density at radius 1 is 1.14 bits per heavy atom. The fraction of sp³-hybridized carbons (Fsp3) is 0.154. The van der Waals surface area contributed by atoms with Crippen molar-refractivity contribution in [3.05, 3.63) is 48.5 Å². The molecular formula is C13H14N8. The molecule has 8 nitrogen and oxygen atoms in total. The first-order valence-corrected chi connectivity index (χ1v) is 6.40. The molecule has 1 atom stereocenters. The van der Waals surface area contributed by atoms with Crippen LogP contribution in [0.3, 0.4) is 0 Å². The van der Waals surface area contributed by atoms with Gasteiger partial charge in [0.15, 0.2) is 0 Å². The summed E-state index contributed by atoms with van der Waals surface area (Å²) >= 11 is 0. The normalized spacial score (nSPS) is 12.0. The summed E-state index contributed by atoms with van der Waals surface area (Å²) in [5.41, 5.74) is 6.80. The van der Waals surface area contributed by atoms with E-state index in [1.165, 1.54) is 4.68 Å². The fourth-order valence-electron chi connectivity index (χ4n) is 1.86. The smallest absolute Gasteiger partial charge is 0.257 e. The van der Waals surface area contributed by atoms with Gasteiger partial charge in [0, 0.05) is 24.8 Å². The van der Waals surface area contributed by atoms with Crippen molar-refractivity contribution < 1.29 is 0 Å². The van der Waals surface area contributed by atoms with Gasteiger partial charge in [-0.15, -0.1) is 0 Å². The summed E-state index contributed by atoms with van der Waals surface area (Å²) in [6.45, 7) is 2.00. The number of pyridine rings is 1. The van der Waals surface area contributed by atoms with Crippen LogP contribution in [0.1, 0.15) is 18.5 Å². The van der Waals surface area contributed by atoms with Crippen LogP contribution in [0.2, 0.25) is 0 Å². The predicted molar refractivity (Wildman–Crippen MR) is 77.6 cm³/mol. The van der Waals surface area contributed by atoms with E-state index in [9.17, 15) is 0 Å².